The SMILES string of the molecule is Cc1ccc(-c2nc3cnc4ccccc4c3o2)cc1. The lowest BCUT2D eigenvalue weighted by Gasteiger charge is -1.96. The summed E-state index contributed by atoms with van der Waals surface area (Å²) in [5, 5.41) is 0.996. The summed E-state index contributed by atoms with van der Waals surface area (Å²) in [6.07, 6.45) is 1.76. The van der Waals surface area contributed by atoms with E-state index in [0.717, 1.165) is 27.6 Å². The second-order valence-corrected chi connectivity index (χ2v) is 4.87. The third-order valence-electron chi connectivity index (χ3n) is 3.43. The van der Waals surface area contributed by atoms with Crippen LogP contribution >= 0.6 is 0 Å². The monoisotopic (exact) mass is 260 g/mol. The van der Waals surface area contributed by atoms with Crippen molar-refractivity contribution >= 4 is 22.0 Å². The van der Waals surface area contributed by atoms with Crippen LogP contribution in [0, 0.1) is 6.92 Å². The van der Waals surface area contributed by atoms with Crippen LogP contribution in [0.3, 0.4) is 0 Å². The quantitative estimate of drug-likeness (QED) is 0.510. The van der Waals surface area contributed by atoms with E-state index in [9.17, 15) is 0 Å². The van der Waals surface area contributed by atoms with E-state index in [1.165, 1.54) is 5.56 Å². The highest BCUT2D eigenvalue weighted by molar-refractivity contribution is 6.00. The van der Waals surface area contributed by atoms with Crippen LogP contribution < -0.4 is 0 Å². The molecule has 2 aromatic carbocycles. The maximum Gasteiger partial charge on any atom is 0.227 e. The van der Waals surface area contributed by atoms with E-state index < -0.39 is 0 Å². The summed E-state index contributed by atoms with van der Waals surface area (Å²) in [6.45, 7) is 2.06. The number of benzene rings is 2. The molecule has 0 radical (unpaired) electrons. The molecule has 2 heterocycles. The van der Waals surface area contributed by atoms with E-state index in [-0.39, 0.29) is 0 Å². The molecule has 4 rings (SSSR count). The number of oxazole rings is 1. The van der Waals surface area contributed by atoms with Crippen LogP contribution in [0.1, 0.15) is 5.56 Å². The molecule has 0 bridgehead atoms. The largest absolute Gasteiger partial charge is 0.435 e. The predicted molar refractivity (Wildman–Crippen MR) is 79.5 cm³/mol. The Hall–Kier alpha value is -2.68. The molecule has 96 valence electrons. The van der Waals surface area contributed by atoms with Gasteiger partial charge in [0.15, 0.2) is 5.58 Å². The fourth-order valence-corrected chi connectivity index (χ4v) is 2.34. The third-order valence-corrected chi connectivity index (χ3v) is 3.43. The molecular formula is C17H12N2O. The number of fused-ring (bicyclic) bond motifs is 3. The first-order chi connectivity index (χ1) is 9.81. The topological polar surface area (TPSA) is 38.9 Å². The molecular weight excluding hydrogens is 248 g/mol. The van der Waals surface area contributed by atoms with E-state index in [4.69, 9.17) is 4.42 Å². The van der Waals surface area contributed by atoms with E-state index in [0.29, 0.717) is 5.89 Å². The summed E-state index contributed by atoms with van der Waals surface area (Å²) in [4.78, 5) is 8.94. The minimum Gasteiger partial charge on any atom is -0.435 e. The van der Waals surface area contributed by atoms with Gasteiger partial charge in [-0.25, -0.2) is 4.98 Å². The predicted octanol–water partition coefficient (Wildman–Crippen LogP) is 4.35. The van der Waals surface area contributed by atoms with Gasteiger partial charge in [-0.3, -0.25) is 4.98 Å². The van der Waals surface area contributed by atoms with Crippen molar-refractivity contribution in [3.8, 4) is 11.5 Å². The normalized spacial score (nSPS) is 11.2. The van der Waals surface area contributed by atoms with E-state index in [1.807, 2.05) is 36.4 Å². The van der Waals surface area contributed by atoms with Crippen molar-refractivity contribution in [2.75, 3.05) is 0 Å². The van der Waals surface area contributed by atoms with Gasteiger partial charge >= 0.3 is 0 Å². The first kappa shape index (κ1) is 11.2. The van der Waals surface area contributed by atoms with Crippen LogP contribution in [0.15, 0.2) is 59.1 Å². The molecule has 0 spiro atoms. The number of rotatable bonds is 1. The van der Waals surface area contributed by atoms with Crippen molar-refractivity contribution in [1.82, 2.24) is 9.97 Å². The maximum absolute atomic E-state index is 5.96. The fourth-order valence-electron chi connectivity index (χ4n) is 2.34. The molecule has 0 saturated carbocycles. The number of aromatic nitrogens is 2. The van der Waals surface area contributed by atoms with Gasteiger partial charge in [-0.05, 0) is 31.2 Å². The van der Waals surface area contributed by atoms with Crippen LogP contribution in [0.2, 0.25) is 0 Å². The third kappa shape index (κ3) is 1.67. The Kier molecular flexibility index (Phi) is 2.33. The van der Waals surface area contributed by atoms with Crippen molar-refractivity contribution < 1.29 is 4.42 Å². The van der Waals surface area contributed by atoms with Gasteiger partial charge in [-0.2, -0.15) is 0 Å². The summed E-state index contributed by atoms with van der Waals surface area (Å²) in [5.74, 6) is 0.637. The smallest absolute Gasteiger partial charge is 0.227 e. The zero-order valence-corrected chi connectivity index (χ0v) is 11.0. The number of para-hydroxylation sites is 1. The Morgan fingerprint density at radius 2 is 1.70 bits per heavy atom. The highest BCUT2D eigenvalue weighted by atomic mass is 16.3. The minimum absolute atomic E-state index is 0.637. The van der Waals surface area contributed by atoms with Gasteiger partial charge in [-0.1, -0.05) is 29.8 Å². The molecule has 4 aromatic rings. The minimum atomic E-state index is 0.637. The van der Waals surface area contributed by atoms with Crippen LogP contribution in [-0.2, 0) is 0 Å². The van der Waals surface area contributed by atoms with E-state index in [2.05, 4.69) is 29.0 Å². The Labute approximate surface area is 115 Å². The van der Waals surface area contributed by atoms with Crippen molar-refractivity contribution in [3.63, 3.8) is 0 Å². The number of nitrogens with zero attached hydrogens (tertiary/aromatic N) is 2. The zero-order chi connectivity index (χ0) is 13.5. The zero-order valence-electron chi connectivity index (χ0n) is 11.0. The molecule has 0 aliphatic heterocycles. The van der Waals surface area contributed by atoms with Crippen molar-refractivity contribution in [3.05, 3.63) is 60.3 Å². The summed E-state index contributed by atoms with van der Waals surface area (Å²) in [6, 6.07) is 16.1. The molecule has 3 heteroatoms. The molecule has 20 heavy (non-hydrogen) atoms. The highest BCUT2D eigenvalue weighted by Gasteiger charge is 2.11. The van der Waals surface area contributed by atoms with Crippen molar-refractivity contribution in [1.29, 1.82) is 0 Å². The number of aryl methyl sites for hydroxylation is 1. The second-order valence-electron chi connectivity index (χ2n) is 4.87. The average molecular weight is 260 g/mol. The molecule has 0 saturated heterocycles. The van der Waals surface area contributed by atoms with Crippen LogP contribution in [0.5, 0.6) is 0 Å². The summed E-state index contributed by atoms with van der Waals surface area (Å²) in [7, 11) is 0. The van der Waals surface area contributed by atoms with Crippen LogP contribution in [0.25, 0.3) is 33.5 Å². The molecule has 0 aliphatic rings. The molecule has 2 aromatic heterocycles. The Morgan fingerprint density at radius 3 is 2.55 bits per heavy atom. The first-order valence-corrected chi connectivity index (χ1v) is 6.52. The lowest BCUT2D eigenvalue weighted by Crippen LogP contribution is -1.79. The summed E-state index contributed by atoms with van der Waals surface area (Å²) < 4.78 is 5.96. The van der Waals surface area contributed by atoms with Crippen LogP contribution in [-0.4, -0.2) is 9.97 Å². The summed E-state index contributed by atoms with van der Waals surface area (Å²) in [5.41, 5.74) is 4.71. The lowest BCUT2D eigenvalue weighted by atomic mass is 10.1. The van der Waals surface area contributed by atoms with Gasteiger partial charge in [0.1, 0.15) is 5.52 Å². The Bertz CT molecular complexity index is 907. The van der Waals surface area contributed by atoms with Gasteiger partial charge in [0.25, 0.3) is 0 Å². The molecule has 0 N–H and O–H groups in total. The standard InChI is InChI=1S/C17H12N2O/c1-11-6-8-12(9-7-11)17-19-15-10-18-14-5-3-2-4-13(14)16(15)20-17/h2-10H,1H3. The summed E-state index contributed by atoms with van der Waals surface area (Å²) >= 11 is 0. The molecule has 3 nitrogen and oxygen atoms in total. The molecule has 0 atom stereocenters. The number of pyridine rings is 1. The fraction of sp³-hybridized carbons (Fsp3) is 0.0588. The van der Waals surface area contributed by atoms with E-state index in [1.54, 1.807) is 6.20 Å². The Morgan fingerprint density at radius 1 is 0.900 bits per heavy atom. The van der Waals surface area contributed by atoms with E-state index >= 15 is 0 Å². The molecule has 0 amide bonds. The Balaban J connectivity index is 1.98. The van der Waals surface area contributed by atoms with Gasteiger partial charge in [0.05, 0.1) is 11.7 Å². The average Bonchev–Trinajstić information content (AvgIpc) is 2.92. The molecule has 0 fully saturated rings. The van der Waals surface area contributed by atoms with Gasteiger partial charge in [0, 0.05) is 10.9 Å². The lowest BCUT2D eigenvalue weighted by molar-refractivity contribution is 0.623. The highest BCUT2D eigenvalue weighted by Crippen LogP contribution is 2.28. The second kappa shape index (κ2) is 4.17. The number of hydrogen-bond acceptors (Lipinski definition) is 3. The molecule has 0 unspecified atom stereocenters. The van der Waals surface area contributed by atoms with Crippen molar-refractivity contribution in [2.24, 2.45) is 0 Å². The maximum atomic E-state index is 5.96. The van der Waals surface area contributed by atoms with Crippen molar-refractivity contribution in [2.45, 2.75) is 6.92 Å². The van der Waals surface area contributed by atoms with Gasteiger partial charge < -0.3 is 4.42 Å². The first-order valence-electron chi connectivity index (χ1n) is 6.52. The van der Waals surface area contributed by atoms with Gasteiger partial charge in [0.2, 0.25) is 5.89 Å². The number of hydrogen-bond donors (Lipinski definition) is 0. The molecule has 0 aliphatic carbocycles. The van der Waals surface area contributed by atoms with Gasteiger partial charge in [-0.15, -0.1) is 0 Å². The van der Waals surface area contributed by atoms with Crippen LogP contribution in [0.4, 0.5) is 0 Å².